The lowest BCUT2D eigenvalue weighted by atomic mass is 9.84. The van der Waals surface area contributed by atoms with Gasteiger partial charge in [0.15, 0.2) is 5.78 Å². The number of aliphatic hydroxyl groups excluding tert-OH is 1. The lowest BCUT2D eigenvalue weighted by Crippen LogP contribution is -2.48. The fraction of sp³-hybridized carbons (Fsp3) is 0.256. The number of Topliss-reactive ketones (excluding diaryl/α,β-unsaturated/α-hetero) is 1. The molecule has 1 unspecified atom stereocenters. The molecular formula is C39H43N3O3Si. The molecule has 5 aromatic rings. The number of aliphatic hydroxyl groups is 1. The molecule has 1 atom stereocenters. The number of carbonyl (C=O) groups excluding carboxylic acids is 2. The number of nitrogens with zero attached hydrogens (tertiary/aromatic N) is 1. The minimum Gasteiger partial charge on any atom is -0.396 e. The van der Waals surface area contributed by atoms with Crippen LogP contribution >= 0.6 is 0 Å². The number of hydrogen-bond donors (Lipinski definition) is 3. The summed E-state index contributed by atoms with van der Waals surface area (Å²) in [6.45, 7) is 8.53. The van der Waals surface area contributed by atoms with Crippen molar-refractivity contribution in [3.63, 3.8) is 0 Å². The van der Waals surface area contributed by atoms with E-state index in [1.807, 2.05) is 36.4 Å². The van der Waals surface area contributed by atoms with E-state index in [-0.39, 0.29) is 24.2 Å². The molecular weight excluding hydrogens is 587 g/mol. The average molecular weight is 630 g/mol. The molecule has 0 fully saturated rings. The number of rotatable bonds is 7. The number of fused-ring (bicyclic) bond motifs is 1. The zero-order chi connectivity index (χ0) is 32.7. The van der Waals surface area contributed by atoms with Crippen LogP contribution in [0.1, 0.15) is 61.3 Å². The number of aromatic amines is 1. The topological polar surface area (TPSA) is 95.1 Å². The van der Waals surface area contributed by atoms with Crippen LogP contribution in [-0.2, 0) is 17.6 Å². The largest absolute Gasteiger partial charge is 0.396 e. The maximum Gasteiger partial charge on any atom is 0.222 e. The van der Waals surface area contributed by atoms with E-state index in [2.05, 4.69) is 96.7 Å². The second kappa shape index (κ2) is 14.7. The van der Waals surface area contributed by atoms with Gasteiger partial charge < -0.3 is 15.4 Å². The minimum atomic E-state index is -1.14. The highest BCUT2D eigenvalue weighted by Gasteiger charge is 2.31. The summed E-state index contributed by atoms with van der Waals surface area (Å²) >= 11 is 0. The lowest BCUT2D eigenvalue weighted by Gasteiger charge is -2.30. The predicted octanol–water partition coefficient (Wildman–Crippen LogP) is 6.19. The second-order valence-electron chi connectivity index (χ2n) is 13.1. The van der Waals surface area contributed by atoms with Crippen LogP contribution in [-0.4, -0.2) is 42.2 Å². The zero-order valence-electron chi connectivity index (χ0n) is 27.1. The molecule has 2 heterocycles. The number of amides is 1. The maximum absolute atomic E-state index is 12.9. The van der Waals surface area contributed by atoms with Crippen molar-refractivity contribution in [2.75, 3.05) is 11.9 Å². The summed E-state index contributed by atoms with van der Waals surface area (Å²) in [5.74, 6) is 0.284. The van der Waals surface area contributed by atoms with Crippen LogP contribution in [0.3, 0.4) is 0 Å². The van der Waals surface area contributed by atoms with E-state index in [4.69, 9.17) is 0 Å². The molecule has 1 aliphatic rings. The van der Waals surface area contributed by atoms with Crippen molar-refractivity contribution >= 4 is 36.7 Å². The van der Waals surface area contributed by atoms with Gasteiger partial charge in [0.25, 0.3) is 0 Å². The van der Waals surface area contributed by atoms with E-state index in [0.717, 1.165) is 33.6 Å². The Labute approximate surface area is 273 Å². The molecule has 236 valence electrons. The van der Waals surface area contributed by atoms with E-state index in [1.165, 1.54) is 17.3 Å². The summed E-state index contributed by atoms with van der Waals surface area (Å²) in [4.78, 5) is 32.0. The Morgan fingerprint density at radius 3 is 2.04 bits per heavy atom. The molecule has 0 radical (unpaired) electrons. The molecule has 2 aromatic heterocycles. The first-order valence-electron chi connectivity index (χ1n) is 15.9. The highest BCUT2D eigenvalue weighted by atomic mass is 28.3. The molecule has 6 rings (SSSR count). The maximum atomic E-state index is 12.9. The van der Waals surface area contributed by atoms with Gasteiger partial charge in [-0.05, 0) is 40.6 Å². The number of aromatic nitrogens is 2. The van der Waals surface area contributed by atoms with Crippen LogP contribution in [0.2, 0.25) is 5.04 Å². The van der Waals surface area contributed by atoms with Gasteiger partial charge in [-0.1, -0.05) is 122 Å². The van der Waals surface area contributed by atoms with Gasteiger partial charge in [-0.25, -0.2) is 4.98 Å². The highest BCUT2D eigenvalue weighted by Crippen LogP contribution is 2.36. The molecule has 1 amide bonds. The minimum absolute atomic E-state index is 0.00448. The summed E-state index contributed by atoms with van der Waals surface area (Å²) in [6.07, 6.45) is 3.26. The molecule has 3 aromatic carbocycles. The summed E-state index contributed by atoms with van der Waals surface area (Å²) in [6, 6.07) is 35.7. The van der Waals surface area contributed by atoms with Crippen molar-refractivity contribution in [3.8, 4) is 11.3 Å². The molecule has 1 aliphatic carbocycles. The van der Waals surface area contributed by atoms with Crippen LogP contribution in [0, 0.1) is 5.92 Å². The van der Waals surface area contributed by atoms with Gasteiger partial charge >= 0.3 is 0 Å². The van der Waals surface area contributed by atoms with Crippen LogP contribution in [0.15, 0.2) is 109 Å². The summed E-state index contributed by atoms with van der Waals surface area (Å²) in [7, 11) is -1.14. The van der Waals surface area contributed by atoms with Gasteiger partial charge in [0.1, 0.15) is 14.6 Å². The van der Waals surface area contributed by atoms with Crippen molar-refractivity contribution in [1.82, 2.24) is 9.97 Å². The quantitative estimate of drug-likeness (QED) is 0.187. The van der Waals surface area contributed by atoms with Crippen molar-refractivity contribution in [2.45, 2.75) is 52.0 Å². The van der Waals surface area contributed by atoms with Gasteiger partial charge in [-0.2, -0.15) is 0 Å². The van der Waals surface area contributed by atoms with Crippen molar-refractivity contribution in [2.24, 2.45) is 5.92 Å². The van der Waals surface area contributed by atoms with Gasteiger partial charge in [-0.3, -0.25) is 9.59 Å². The van der Waals surface area contributed by atoms with E-state index in [0.29, 0.717) is 30.1 Å². The smallest absolute Gasteiger partial charge is 0.222 e. The summed E-state index contributed by atoms with van der Waals surface area (Å²) in [5.41, 5.74) is 5.40. The third kappa shape index (κ3) is 7.97. The standard InChI is InChI=1S/C23H23N3O3.C16H20Si/c1-14(28)25-21-12-17(7-8-24-21)23-18(9-15-5-3-2-4-6-15)22-19(26-23)10-16(13-27)11-20(22)29;1-16(2,3)17(14-10-6-4-7-11-14)15-12-8-5-9-13-15/h2-8,12,16,26-27H,9-11,13H2,1H3,(H,24,25,28);4-13,17H,1-3H3. The monoisotopic (exact) mass is 629 g/mol. The van der Waals surface area contributed by atoms with Crippen molar-refractivity contribution in [3.05, 3.63) is 132 Å². The van der Waals surface area contributed by atoms with E-state index in [1.54, 1.807) is 12.3 Å². The van der Waals surface area contributed by atoms with Gasteiger partial charge in [0.05, 0.1) is 5.69 Å². The fourth-order valence-corrected chi connectivity index (χ4v) is 10.1. The number of nitrogens with one attached hydrogen (secondary N) is 2. The second-order valence-corrected chi connectivity index (χ2v) is 17.0. The third-order valence-electron chi connectivity index (χ3n) is 8.39. The van der Waals surface area contributed by atoms with Crippen molar-refractivity contribution in [1.29, 1.82) is 0 Å². The predicted molar refractivity (Wildman–Crippen MR) is 190 cm³/mol. The summed E-state index contributed by atoms with van der Waals surface area (Å²) in [5, 5.41) is 15.7. The van der Waals surface area contributed by atoms with Crippen LogP contribution in [0.4, 0.5) is 5.82 Å². The number of hydrogen-bond acceptors (Lipinski definition) is 4. The number of carbonyl (C=O) groups is 2. The van der Waals surface area contributed by atoms with Gasteiger partial charge in [0, 0.05) is 49.4 Å². The molecule has 6 nitrogen and oxygen atoms in total. The highest BCUT2D eigenvalue weighted by molar-refractivity contribution is 6.87. The number of ketones is 1. The Kier molecular flexibility index (Phi) is 10.5. The first kappa shape index (κ1) is 32.8. The number of H-pyrrole nitrogens is 1. The molecule has 0 saturated heterocycles. The SMILES string of the molecule is CC(=O)Nc1cc(-c2[nH]c3c(c2Cc2ccccc2)C(=O)CC(CO)C3)ccn1.CC(C)(C)[SiH](c1ccccc1)c1ccccc1. The third-order valence-corrected chi connectivity index (χ3v) is 12.2. The van der Waals surface area contributed by atoms with E-state index in [9.17, 15) is 14.7 Å². The first-order chi connectivity index (χ1) is 22.1. The molecule has 7 heteroatoms. The number of benzene rings is 3. The molecule has 0 spiro atoms. The van der Waals surface area contributed by atoms with E-state index < -0.39 is 8.80 Å². The van der Waals surface area contributed by atoms with Gasteiger partial charge in [0.2, 0.25) is 5.91 Å². The Morgan fingerprint density at radius 1 is 0.913 bits per heavy atom. The van der Waals surface area contributed by atoms with Crippen LogP contribution < -0.4 is 15.7 Å². The summed E-state index contributed by atoms with van der Waals surface area (Å²) < 4.78 is 0. The molecule has 0 bridgehead atoms. The van der Waals surface area contributed by atoms with Crippen LogP contribution in [0.5, 0.6) is 0 Å². The average Bonchev–Trinajstić information content (AvgIpc) is 3.40. The Hall–Kier alpha value is -4.59. The Balaban J connectivity index is 0.000000209. The molecule has 0 aliphatic heterocycles. The normalized spacial score (nSPS) is 14.3. The lowest BCUT2D eigenvalue weighted by molar-refractivity contribution is -0.114. The number of anilines is 1. The molecule has 3 N–H and O–H groups in total. The van der Waals surface area contributed by atoms with E-state index >= 15 is 0 Å². The van der Waals surface area contributed by atoms with Gasteiger partial charge in [-0.15, -0.1) is 0 Å². The Bertz CT molecular complexity index is 1720. The zero-order valence-corrected chi connectivity index (χ0v) is 28.2. The van der Waals surface area contributed by atoms with Crippen molar-refractivity contribution < 1.29 is 14.7 Å². The fourth-order valence-electron chi connectivity index (χ4n) is 6.48. The Morgan fingerprint density at radius 2 is 1.50 bits per heavy atom. The molecule has 0 saturated carbocycles. The first-order valence-corrected chi connectivity index (χ1v) is 17.6. The van der Waals surface area contributed by atoms with Crippen LogP contribution in [0.25, 0.3) is 11.3 Å². The number of pyridine rings is 1. The molecule has 46 heavy (non-hydrogen) atoms.